The zero-order valence-corrected chi connectivity index (χ0v) is 10.9. The van der Waals surface area contributed by atoms with E-state index in [1.807, 2.05) is 11.8 Å². The van der Waals surface area contributed by atoms with Crippen molar-refractivity contribution >= 4 is 17.3 Å². The second-order valence-corrected chi connectivity index (χ2v) is 4.01. The summed E-state index contributed by atoms with van der Waals surface area (Å²) in [5, 5.41) is 11.5. The lowest BCUT2D eigenvalue weighted by molar-refractivity contribution is 0.0963. The molecule has 0 atom stereocenters. The van der Waals surface area contributed by atoms with Crippen molar-refractivity contribution in [3.8, 4) is 0 Å². The van der Waals surface area contributed by atoms with Gasteiger partial charge in [-0.3, -0.25) is 4.79 Å². The quantitative estimate of drug-likeness (QED) is 0.655. The first-order valence-corrected chi connectivity index (χ1v) is 6.11. The molecule has 1 aromatic rings. The Morgan fingerprint density at radius 2 is 2.22 bits per heavy atom. The van der Waals surface area contributed by atoms with Crippen LogP contribution in [0, 0.1) is 0 Å². The van der Waals surface area contributed by atoms with Crippen molar-refractivity contribution in [3.05, 3.63) is 23.8 Å². The highest BCUT2D eigenvalue weighted by Gasteiger charge is 2.14. The van der Waals surface area contributed by atoms with E-state index in [1.165, 1.54) is 0 Å². The van der Waals surface area contributed by atoms with Crippen molar-refractivity contribution in [2.75, 3.05) is 37.4 Å². The van der Waals surface area contributed by atoms with E-state index in [2.05, 4.69) is 5.32 Å². The summed E-state index contributed by atoms with van der Waals surface area (Å²) in [6.07, 6.45) is 0.663. The smallest absolute Gasteiger partial charge is 0.253 e. The van der Waals surface area contributed by atoms with Gasteiger partial charge in [-0.1, -0.05) is 0 Å². The summed E-state index contributed by atoms with van der Waals surface area (Å²) in [6.45, 7) is 3.59. The molecule has 0 bridgehead atoms. The summed E-state index contributed by atoms with van der Waals surface area (Å²) in [4.78, 5) is 13.9. The summed E-state index contributed by atoms with van der Waals surface area (Å²) in [6, 6.07) is 5.24. The van der Waals surface area contributed by atoms with Crippen molar-refractivity contribution < 1.29 is 9.90 Å². The van der Waals surface area contributed by atoms with Crippen molar-refractivity contribution in [1.29, 1.82) is 0 Å². The molecule has 5 heteroatoms. The van der Waals surface area contributed by atoms with Gasteiger partial charge in [0.15, 0.2) is 0 Å². The van der Waals surface area contributed by atoms with Crippen LogP contribution in [0.2, 0.25) is 0 Å². The molecular formula is C13H21N3O2. The number of carbonyl (C=O) groups excluding carboxylic acids is 1. The molecule has 0 saturated heterocycles. The molecule has 0 aliphatic carbocycles. The highest BCUT2D eigenvalue weighted by atomic mass is 16.3. The topological polar surface area (TPSA) is 78.6 Å². The number of nitrogens with zero attached hydrogens (tertiary/aromatic N) is 1. The van der Waals surface area contributed by atoms with Crippen LogP contribution < -0.4 is 16.0 Å². The van der Waals surface area contributed by atoms with E-state index in [9.17, 15) is 4.79 Å². The highest BCUT2D eigenvalue weighted by molar-refractivity contribution is 6.00. The zero-order valence-electron chi connectivity index (χ0n) is 10.9. The Balaban J connectivity index is 3.09. The Labute approximate surface area is 108 Å². The fourth-order valence-electron chi connectivity index (χ4n) is 1.85. The lowest BCUT2D eigenvalue weighted by Gasteiger charge is -2.25. The largest absolute Gasteiger partial charge is 0.399 e. The van der Waals surface area contributed by atoms with E-state index in [4.69, 9.17) is 10.8 Å². The minimum Gasteiger partial charge on any atom is -0.399 e. The first kappa shape index (κ1) is 14.3. The Hall–Kier alpha value is -1.75. The second kappa shape index (κ2) is 6.86. The number of rotatable bonds is 6. The summed E-state index contributed by atoms with van der Waals surface area (Å²) in [7, 11) is 1.60. The first-order chi connectivity index (χ1) is 8.63. The lowest BCUT2D eigenvalue weighted by Crippen LogP contribution is -2.28. The fourth-order valence-corrected chi connectivity index (χ4v) is 1.85. The number of aliphatic hydroxyl groups is 1. The molecular weight excluding hydrogens is 230 g/mol. The van der Waals surface area contributed by atoms with Gasteiger partial charge < -0.3 is 21.1 Å². The SMILES string of the molecule is CCN(CCCO)c1cc(N)ccc1C(=O)NC. The van der Waals surface area contributed by atoms with Crippen molar-refractivity contribution in [2.24, 2.45) is 0 Å². The molecule has 18 heavy (non-hydrogen) atoms. The Morgan fingerprint density at radius 1 is 1.50 bits per heavy atom. The number of benzene rings is 1. The Morgan fingerprint density at radius 3 is 2.78 bits per heavy atom. The van der Waals surface area contributed by atoms with Gasteiger partial charge in [-0.15, -0.1) is 0 Å². The molecule has 100 valence electrons. The summed E-state index contributed by atoms with van der Waals surface area (Å²) in [5.74, 6) is -0.132. The van der Waals surface area contributed by atoms with E-state index in [0.29, 0.717) is 24.2 Å². The molecule has 0 aromatic heterocycles. The summed E-state index contributed by atoms with van der Waals surface area (Å²) in [5.41, 5.74) is 7.82. The van der Waals surface area contributed by atoms with Gasteiger partial charge in [0.25, 0.3) is 5.91 Å². The number of hydrogen-bond acceptors (Lipinski definition) is 4. The van der Waals surface area contributed by atoms with Crippen LogP contribution in [0.1, 0.15) is 23.7 Å². The average molecular weight is 251 g/mol. The highest BCUT2D eigenvalue weighted by Crippen LogP contribution is 2.23. The van der Waals surface area contributed by atoms with Crippen LogP contribution >= 0.6 is 0 Å². The van der Waals surface area contributed by atoms with E-state index < -0.39 is 0 Å². The maximum absolute atomic E-state index is 11.8. The molecule has 0 fully saturated rings. The molecule has 0 unspecified atom stereocenters. The fraction of sp³-hybridized carbons (Fsp3) is 0.462. The molecule has 0 heterocycles. The molecule has 1 rings (SSSR count). The number of hydrogen-bond donors (Lipinski definition) is 3. The van der Waals surface area contributed by atoms with Gasteiger partial charge in [0.2, 0.25) is 0 Å². The third-order valence-electron chi connectivity index (χ3n) is 2.80. The third-order valence-corrected chi connectivity index (χ3v) is 2.80. The number of aliphatic hydroxyl groups excluding tert-OH is 1. The maximum atomic E-state index is 11.8. The van der Waals surface area contributed by atoms with E-state index >= 15 is 0 Å². The number of nitrogen functional groups attached to an aromatic ring is 1. The van der Waals surface area contributed by atoms with E-state index in [0.717, 1.165) is 12.2 Å². The van der Waals surface area contributed by atoms with E-state index in [1.54, 1.807) is 25.2 Å². The van der Waals surface area contributed by atoms with Crippen LogP contribution in [-0.2, 0) is 0 Å². The number of nitrogens with one attached hydrogen (secondary N) is 1. The van der Waals surface area contributed by atoms with E-state index in [-0.39, 0.29) is 12.5 Å². The van der Waals surface area contributed by atoms with Crippen LogP contribution in [0.25, 0.3) is 0 Å². The Bertz CT molecular complexity index is 407. The van der Waals surface area contributed by atoms with Crippen molar-refractivity contribution in [1.82, 2.24) is 5.32 Å². The zero-order chi connectivity index (χ0) is 13.5. The molecule has 0 radical (unpaired) electrons. The standard InChI is InChI=1S/C13H21N3O2/c1-3-16(7-4-8-17)12-9-10(14)5-6-11(12)13(18)15-2/h5-6,9,17H,3-4,7-8,14H2,1-2H3,(H,15,18). The predicted molar refractivity (Wildman–Crippen MR) is 73.8 cm³/mol. The van der Waals surface area contributed by atoms with Gasteiger partial charge in [0.05, 0.1) is 11.3 Å². The van der Waals surface area contributed by atoms with Gasteiger partial charge in [0.1, 0.15) is 0 Å². The van der Waals surface area contributed by atoms with Crippen LogP contribution in [0.4, 0.5) is 11.4 Å². The molecule has 0 spiro atoms. The number of carbonyl (C=O) groups is 1. The summed E-state index contributed by atoms with van der Waals surface area (Å²) < 4.78 is 0. The number of amides is 1. The second-order valence-electron chi connectivity index (χ2n) is 4.01. The molecule has 0 saturated carbocycles. The van der Waals surface area contributed by atoms with Crippen molar-refractivity contribution in [3.63, 3.8) is 0 Å². The maximum Gasteiger partial charge on any atom is 0.253 e. The lowest BCUT2D eigenvalue weighted by atomic mass is 10.1. The Kier molecular flexibility index (Phi) is 5.45. The monoisotopic (exact) mass is 251 g/mol. The molecule has 0 aliphatic rings. The number of anilines is 2. The summed E-state index contributed by atoms with van der Waals surface area (Å²) >= 11 is 0. The normalized spacial score (nSPS) is 10.2. The molecule has 1 amide bonds. The predicted octanol–water partition coefficient (Wildman–Crippen LogP) is 0.837. The average Bonchev–Trinajstić information content (AvgIpc) is 2.39. The van der Waals surface area contributed by atoms with Gasteiger partial charge in [-0.05, 0) is 31.5 Å². The van der Waals surface area contributed by atoms with Crippen LogP contribution in [0.5, 0.6) is 0 Å². The van der Waals surface area contributed by atoms with Gasteiger partial charge in [-0.25, -0.2) is 0 Å². The molecule has 5 nitrogen and oxygen atoms in total. The molecule has 1 aromatic carbocycles. The molecule has 0 aliphatic heterocycles. The third kappa shape index (κ3) is 3.37. The van der Waals surface area contributed by atoms with Gasteiger partial charge in [-0.2, -0.15) is 0 Å². The van der Waals surface area contributed by atoms with Crippen LogP contribution in [0.15, 0.2) is 18.2 Å². The van der Waals surface area contributed by atoms with Crippen molar-refractivity contribution in [2.45, 2.75) is 13.3 Å². The number of nitrogens with two attached hydrogens (primary N) is 1. The van der Waals surface area contributed by atoms with Gasteiger partial charge in [0, 0.05) is 32.4 Å². The van der Waals surface area contributed by atoms with Crippen LogP contribution in [0.3, 0.4) is 0 Å². The van der Waals surface area contributed by atoms with Gasteiger partial charge >= 0.3 is 0 Å². The minimum absolute atomic E-state index is 0.132. The van der Waals surface area contributed by atoms with Crippen LogP contribution in [-0.4, -0.2) is 37.8 Å². The molecule has 4 N–H and O–H groups in total. The minimum atomic E-state index is -0.132. The first-order valence-electron chi connectivity index (χ1n) is 6.11.